The van der Waals surface area contributed by atoms with Gasteiger partial charge in [0.1, 0.15) is 23.4 Å². The molecule has 2 aliphatic heterocycles. The van der Waals surface area contributed by atoms with E-state index in [-0.39, 0.29) is 23.1 Å². The Bertz CT molecular complexity index is 1370. The van der Waals surface area contributed by atoms with Crippen LogP contribution in [-0.2, 0) is 16.0 Å². The fraction of sp³-hybridized carbons (Fsp3) is 0.192. The number of nitrogens with zero attached hydrogens (tertiary/aromatic N) is 2. The summed E-state index contributed by atoms with van der Waals surface area (Å²) in [5, 5.41) is 11.2. The lowest BCUT2D eigenvalue weighted by Crippen LogP contribution is -2.29. The molecule has 0 radical (unpaired) electrons. The molecule has 7 nitrogen and oxygen atoms in total. The second-order valence-electron chi connectivity index (χ2n) is 8.45. The predicted molar refractivity (Wildman–Crippen MR) is 122 cm³/mol. The summed E-state index contributed by atoms with van der Waals surface area (Å²) in [4.78, 5) is 31.6. The zero-order valence-electron chi connectivity index (χ0n) is 18.8. The predicted octanol–water partition coefficient (Wildman–Crippen LogP) is 4.93. The zero-order valence-corrected chi connectivity index (χ0v) is 18.8. The van der Waals surface area contributed by atoms with Crippen molar-refractivity contribution in [1.29, 1.82) is 0 Å². The van der Waals surface area contributed by atoms with Crippen LogP contribution in [0, 0.1) is 0 Å². The largest absolute Gasteiger partial charge is 0.573 e. The summed E-state index contributed by atoms with van der Waals surface area (Å²) < 4.78 is 47.3. The van der Waals surface area contributed by atoms with Crippen molar-refractivity contribution in [2.75, 3.05) is 4.90 Å². The lowest BCUT2D eigenvalue weighted by atomic mass is 9.95. The van der Waals surface area contributed by atoms with Crippen LogP contribution in [0.25, 0.3) is 5.76 Å². The molecule has 3 heterocycles. The van der Waals surface area contributed by atoms with Crippen LogP contribution in [0.15, 0.2) is 72.6 Å². The standard InChI is InChI=1S/C26H19F3N2O5/c1-14-11-17-12-15(4-9-20(17)35-14)23(32)21-22(16-3-2-10-30-13-16)31(25(34)24(21)33)18-5-7-19(8-6-18)36-26(27,28)29/h2-10,12-14,22,32H,11H2,1H3/b23-21-. The van der Waals surface area contributed by atoms with Crippen LogP contribution >= 0.6 is 0 Å². The SMILES string of the molecule is CC1Cc2cc(/C(O)=C3/C(=O)C(=O)N(c4ccc(OC(F)(F)F)cc4)C3c3cccnc3)ccc2O1. The van der Waals surface area contributed by atoms with E-state index in [1.807, 2.05) is 6.92 Å². The number of rotatable bonds is 4. The number of ether oxygens (including phenoxy) is 2. The molecule has 2 aromatic carbocycles. The molecule has 1 N–H and O–H groups in total. The summed E-state index contributed by atoms with van der Waals surface area (Å²) in [7, 11) is 0. The number of carbonyl (C=O) groups is 2. The van der Waals surface area contributed by atoms with Gasteiger partial charge >= 0.3 is 6.36 Å². The van der Waals surface area contributed by atoms with E-state index in [4.69, 9.17) is 4.74 Å². The first-order valence-corrected chi connectivity index (χ1v) is 11.0. The van der Waals surface area contributed by atoms with Crippen molar-refractivity contribution in [3.05, 3.63) is 89.3 Å². The maximum absolute atomic E-state index is 13.2. The number of ketones is 1. The molecule has 2 aliphatic rings. The molecule has 36 heavy (non-hydrogen) atoms. The summed E-state index contributed by atoms with van der Waals surface area (Å²) in [6.45, 7) is 1.92. The van der Waals surface area contributed by atoms with Crippen LogP contribution in [0.5, 0.6) is 11.5 Å². The first kappa shape index (κ1) is 23.4. The van der Waals surface area contributed by atoms with Gasteiger partial charge in [0.05, 0.1) is 11.6 Å². The molecule has 2 atom stereocenters. The number of amides is 1. The van der Waals surface area contributed by atoms with Gasteiger partial charge in [-0.05, 0) is 66.6 Å². The van der Waals surface area contributed by atoms with Crippen LogP contribution in [-0.4, -0.2) is 34.2 Å². The summed E-state index contributed by atoms with van der Waals surface area (Å²) in [5.74, 6) is -2.03. The van der Waals surface area contributed by atoms with Gasteiger partial charge in [0, 0.05) is 30.1 Å². The molecule has 184 valence electrons. The number of hydrogen-bond donors (Lipinski definition) is 1. The van der Waals surface area contributed by atoms with Gasteiger partial charge in [0.15, 0.2) is 0 Å². The molecule has 2 unspecified atom stereocenters. The Morgan fingerprint density at radius 3 is 2.56 bits per heavy atom. The highest BCUT2D eigenvalue weighted by atomic mass is 19.4. The van der Waals surface area contributed by atoms with Gasteiger partial charge in [0.25, 0.3) is 11.7 Å². The summed E-state index contributed by atoms with van der Waals surface area (Å²) >= 11 is 0. The van der Waals surface area contributed by atoms with E-state index < -0.39 is 29.8 Å². The first-order chi connectivity index (χ1) is 17.1. The van der Waals surface area contributed by atoms with Gasteiger partial charge in [-0.2, -0.15) is 0 Å². The summed E-state index contributed by atoms with van der Waals surface area (Å²) in [5.41, 5.74) is 1.63. The van der Waals surface area contributed by atoms with E-state index in [0.717, 1.165) is 22.6 Å². The smallest absolute Gasteiger partial charge is 0.507 e. The number of benzene rings is 2. The minimum Gasteiger partial charge on any atom is -0.507 e. The number of aromatic nitrogens is 1. The fourth-order valence-electron chi connectivity index (χ4n) is 4.49. The van der Waals surface area contributed by atoms with E-state index in [2.05, 4.69) is 9.72 Å². The Kier molecular flexibility index (Phi) is 5.66. The van der Waals surface area contributed by atoms with Gasteiger partial charge < -0.3 is 14.6 Å². The molecule has 0 bridgehead atoms. The van der Waals surface area contributed by atoms with Crippen LogP contribution in [0.2, 0.25) is 0 Å². The van der Waals surface area contributed by atoms with Gasteiger partial charge in [0.2, 0.25) is 0 Å². The second-order valence-corrected chi connectivity index (χ2v) is 8.45. The van der Waals surface area contributed by atoms with E-state index in [9.17, 15) is 27.9 Å². The summed E-state index contributed by atoms with van der Waals surface area (Å²) in [6.07, 6.45) is -1.30. The van der Waals surface area contributed by atoms with Crippen LogP contribution in [0.4, 0.5) is 18.9 Å². The molecule has 0 spiro atoms. The Morgan fingerprint density at radius 2 is 1.89 bits per heavy atom. The number of anilines is 1. The molecule has 1 saturated heterocycles. The van der Waals surface area contributed by atoms with Gasteiger partial charge in [-0.1, -0.05) is 6.07 Å². The number of aliphatic hydroxyl groups is 1. The number of carbonyl (C=O) groups excluding carboxylic acids is 2. The molecule has 0 aliphatic carbocycles. The lowest BCUT2D eigenvalue weighted by molar-refractivity contribution is -0.274. The van der Waals surface area contributed by atoms with Crippen molar-refractivity contribution in [1.82, 2.24) is 4.98 Å². The minimum atomic E-state index is -4.88. The van der Waals surface area contributed by atoms with Crippen molar-refractivity contribution in [3.63, 3.8) is 0 Å². The van der Waals surface area contributed by atoms with E-state index in [1.165, 1.54) is 24.5 Å². The number of halogens is 3. The minimum absolute atomic E-state index is 0.0253. The van der Waals surface area contributed by atoms with E-state index in [0.29, 0.717) is 23.3 Å². The van der Waals surface area contributed by atoms with Crippen molar-refractivity contribution in [2.45, 2.75) is 31.9 Å². The third kappa shape index (κ3) is 4.26. The van der Waals surface area contributed by atoms with Crippen molar-refractivity contribution >= 4 is 23.1 Å². The molecular formula is C26H19F3N2O5. The fourth-order valence-corrected chi connectivity index (χ4v) is 4.49. The normalized spacial score (nSPS) is 20.8. The Balaban J connectivity index is 1.60. The van der Waals surface area contributed by atoms with Gasteiger partial charge in [-0.25, -0.2) is 0 Å². The Hall–Kier alpha value is -4.34. The molecule has 1 fully saturated rings. The molecule has 3 aromatic rings. The highest BCUT2D eigenvalue weighted by Gasteiger charge is 2.47. The van der Waals surface area contributed by atoms with Crippen LogP contribution in [0.1, 0.15) is 29.7 Å². The maximum atomic E-state index is 13.2. The molecular weight excluding hydrogens is 477 g/mol. The molecule has 5 rings (SSSR count). The number of alkyl halides is 3. The van der Waals surface area contributed by atoms with Crippen molar-refractivity contribution < 1.29 is 37.3 Å². The topological polar surface area (TPSA) is 89.0 Å². The average Bonchev–Trinajstić information content (AvgIpc) is 3.34. The van der Waals surface area contributed by atoms with Gasteiger partial charge in [-0.15, -0.1) is 13.2 Å². The highest BCUT2D eigenvalue weighted by molar-refractivity contribution is 6.51. The molecule has 1 aromatic heterocycles. The number of hydrogen-bond acceptors (Lipinski definition) is 6. The third-order valence-corrected chi connectivity index (χ3v) is 5.96. The third-order valence-electron chi connectivity index (χ3n) is 5.96. The summed E-state index contributed by atoms with van der Waals surface area (Å²) in [6, 6.07) is 11.8. The Morgan fingerprint density at radius 1 is 1.14 bits per heavy atom. The number of Topliss-reactive ketones (excluding diaryl/α,β-unsaturated/α-hetero) is 1. The average molecular weight is 496 g/mol. The highest BCUT2D eigenvalue weighted by Crippen LogP contribution is 2.43. The first-order valence-electron chi connectivity index (χ1n) is 11.0. The van der Waals surface area contributed by atoms with E-state index in [1.54, 1.807) is 30.3 Å². The van der Waals surface area contributed by atoms with Crippen molar-refractivity contribution in [3.8, 4) is 11.5 Å². The monoisotopic (exact) mass is 496 g/mol. The van der Waals surface area contributed by atoms with Crippen LogP contribution in [0.3, 0.4) is 0 Å². The second kappa shape index (κ2) is 8.71. The molecule has 1 amide bonds. The molecule has 10 heteroatoms. The van der Waals surface area contributed by atoms with Gasteiger partial charge in [-0.3, -0.25) is 19.5 Å². The number of aliphatic hydroxyl groups excluding tert-OH is 1. The number of fused-ring (bicyclic) bond motifs is 1. The zero-order chi connectivity index (χ0) is 25.6. The molecule has 0 saturated carbocycles. The van der Waals surface area contributed by atoms with E-state index >= 15 is 0 Å². The lowest BCUT2D eigenvalue weighted by Gasteiger charge is -2.25. The maximum Gasteiger partial charge on any atom is 0.573 e. The van der Waals surface area contributed by atoms with Crippen molar-refractivity contribution in [2.24, 2.45) is 0 Å². The van der Waals surface area contributed by atoms with Crippen LogP contribution < -0.4 is 14.4 Å². The quantitative estimate of drug-likeness (QED) is 0.313. The Labute approximate surface area is 203 Å². The number of pyridine rings is 1.